The van der Waals surface area contributed by atoms with Gasteiger partial charge in [-0.05, 0) is 13.0 Å². The maximum atomic E-state index is 10.9. The average molecular weight is 159 g/mol. The normalized spacial score (nSPS) is 24.7. The van der Waals surface area contributed by atoms with E-state index in [2.05, 4.69) is 10.1 Å². The first-order chi connectivity index (χ1) is 5.20. The van der Waals surface area contributed by atoms with Gasteiger partial charge >= 0.3 is 6.16 Å². The molecule has 0 bridgehead atoms. The van der Waals surface area contributed by atoms with Crippen LogP contribution in [0.15, 0.2) is 0 Å². The summed E-state index contributed by atoms with van der Waals surface area (Å²) in [7, 11) is 0. The van der Waals surface area contributed by atoms with Crippen molar-refractivity contribution in [1.82, 2.24) is 5.32 Å². The molecule has 5 heteroatoms. The average Bonchev–Trinajstić information content (AvgIpc) is 1.93. The van der Waals surface area contributed by atoms with Gasteiger partial charge in [0.15, 0.2) is 5.78 Å². The number of piperidine rings is 1. The van der Waals surface area contributed by atoms with E-state index >= 15 is 0 Å². The molecule has 0 aromatic heterocycles. The van der Waals surface area contributed by atoms with E-state index in [4.69, 9.17) is 5.11 Å². The molecule has 1 rings (SSSR count). The van der Waals surface area contributed by atoms with Gasteiger partial charge in [0.25, 0.3) is 0 Å². The smallest absolute Gasteiger partial charge is 0.450 e. The van der Waals surface area contributed by atoms with E-state index in [-0.39, 0.29) is 5.78 Å². The molecule has 0 aromatic rings. The summed E-state index contributed by atoms with van der Waals surface area (Å²) in [5.41, 5.74) is 0. The van der Waals surface area contributed by atoms with Gasteiger partial charge in [0.2, 0.25) is 6.23 Å². The van der Waals surface area contributed by atoms with Crippen molar-refractivity contribution in [2.24, 2.45) is 0 Å². The van der Waals surface area contributed by atoms with E-state index in [1.54, 1.807) is 0 Å². The van der Waals surface area contributed by atoms with E-state index < -0.39 is 12.4 Å². The van der Waals surface area contributed by atoms with E-state index in [1.807, 2.05) is 0 Å². The van der Waals surface area contributed by atoms with Crippen LogP contribution in [0.2, 0.25) is 0 Å². The third-order valence-corrected chi connectivity index (χ3v) is 1.44. The largest absolute Gasteiger partial charge is 0.507 e. The topological polar surface area (TPSA) is 75.6 Å². The lowest BCUT2D eigenvalue weighted by Gasteiger charge is -2.20. The lowest BCUT2D eigenvalue weighted by Crippen LogP contribution is -2.44. The van der Waals surface area contributed by atoms with Crippen LogP contribution >= 0.6 is 0 Å². The summed E-state index contributed by atoms with van der Waals surface area (Å²) >= 11 is 0. The Morgan fingerprint density at radius 2 is 2.45 bits per heavy atom. The molecule has 1 saturated heterocycles. The highest BCUT2D eigenvalue weighted by atomic mass is 16.7. The van der Waals surface area contributed by atoms with Crippen LogP contribution in [0.1, 0.15) is 12.8 Å². The van der Waals surface area contributed by atoms with E-state index in [0.29, 0.717) is 13.0 Å². The molecular formula is C6H9NO4. The maximum Gasteiger partial charge on any atom is 0.507 e. The number of nitrogens with one attached hydrogen (secondary N) is 1. The minimum absolute atomic E-state index is 0.196. The fraction of sp³-hybridized carbons (Fsp3) is 0.667. The van der Waals surface area contributed by atoms with Crippen molar-refractivity contribution < 1.29 is 19.4 Å². The Kier molecular flexibility index (Phi) is 2.43. The fourth-order valence-corrected chi connectivity index (χ4v) is 0.949. The Morgan fingerprint density at radius 3 is 3.00 bits per heavy atom. The molecular weight excluding hydrogens is 150 g/mol. The molecule has 1 fully saturated rings. The summed E-state index contributed by atoms with van der Waals surface area (Å²) in [6, 6.07) is 0. The van der Waals surface area contributed by atoms with Crippen molar-refractivity contribution in [2.45, 2.75) is 19.1 Å². The molecule has 2 N–H and O–H groups in total. The highest BCUT2D eigenvalue weighted by Gasteiger charge is 2.24. The van der Waals surface area contributed by atoms with Crippen LogP contribution < -0.4 is 5.32 Å². The summed E-state index contributed by atoms with van der Waals surface area (Å²) in [5.74, 6) is -0.196. The number of carbonyl (C=O) groups excluding carboxylic acids is 1. The zero-order chi connectivity index (χ0) is 8.27. The monoisotopic (exact) mass is 159 g/mol. The lowest BCUT2D eigenvalue weighted by atomic mass is 10.1. The van der Waals surface area contributed by atoms with Crippen molar-refractivity contribution in [3.8, 4) is 0 Å². The van der Waals surface area contributed by atoms with Crippen LogP contribution in [-0.2, 0) is 9.53 Å². The molecule has 1 aliphatic heterocycles. The summed E-state index contributed by atoms with van der Waals surface area (Å²) in [4.78, 5) is 20.9. The molecule has 11 heavy (non-hydrogen) atoms. The summed E-state index contributed by atoms with van der Waals surface area (Å²) < 4.78 is 4.26. The first-order valence-corrected chi connectivity index (χ1v) is 3.36. The van der Waals surface area contributed by atoms with Gasteiger partial charge in [-0.1, -0.05) is 0 Å². The van der Waals surface area contributed by atoms with Crippen LogP contribution in [0.4, 0.5) is 4.79 Å². The molecule has 0 amide bonds. The highest BCUT2D eigenvalue weighted by Crippen LogP contribution is 2.03. The van der Waals surface area contributed by atoms with Crippen molar-refractivity contribution in [2.75, 3.05) is 6.54 Å². The second kappa shape index (κ2) is 3.34. The molecule has 62 valence electrons. The Hall–Kier alpha value is -1.10. The second-order valence-corrected chi connectivity index (χ2v) is 2.29. The molecule has 5 nitrogen and oxygen atoms in total. The first kappa shape index (κ1) is 8.00. The number of carbonyl (C=O) groups is 2. The highest BCUT2D eigenvalue weighted by molar-refractivity contribution is 5.84. The van der Waals surface area contributed by atoms with Gasteiger partial charge in [0.1, 0.15) is 0 Å². The molecule has 1 aliphatic rings. The number of hydrogen-bond donors (Lipinski definition) is 2. The van der Waals surface area contributed by atoms with Crippen molar-refractivity contribution >= 4 is 11.9 Å². The molecule has 0 aliphatic carbocycles. The van der Waals surface area contributed by atoms with Crippen LogP contribution in [-0.4, -0.2) is 29.8 Å². The van der Waals surface area contributed by atoms with E-state index in [9.17, 15) is 9.59 Å². The van der Waals surface area contributed by atoms with Crippen LogP contribution in [0.5, 0.6) is 0 Å². The number of ketones is 1. The number of carboxylic acid groups (broad SMARTS) is 1. The molecule has 1 unspecified atom stereocenters. The van der Waals surface area contributed by atoms with Gasteiger partial charge in [-0.15, -0.1) is 0 Å². The molecule has 1 heterocycles. The number of hydrogen-bond acceptors (Lipinski definition) is 4. The zero-order valence-corrected chi connectivity index (χ0v) is 5.87. The first-order valence-electron chi connectivity index (χ1n) is 3.36. The standard InChI is InChI=1S/C6H9NO4/c8-4-2-1-3-7-5(4)11-6(9)10/h5,7H,1-3H2,(H,9,10). The van der Waals surface area contributed by atoms with Gasteiger partial charge in [0, 0.05) is 6.42 Å². The summed E-state index contributed by atoms with van der Waals surface area (Å²) in [6.07, 6.45) is -1.22. The minimum atomic E-state index is -1.42. The predicted molar refractivity (Wildman–Crippen MR) is 35.1 cm³/mol. The zero-order valence-electron chi connectivity index (χ0n) is 5.87. The van der Waals surface area contributed by atoms with E-state index in [0.717, 1.165) is 6.42 Å². The van der Waals surface area contributed by atoms with Crippen LogP contribution in [0, 0.1) is 0 Å². The molecule has 0 radical (unpaired) electrons. The fourth-order valence-electron chi connectivity index (χ4n) is 0.949. The van der Waals surface area contributed by atoms with E-state index in [1.165, 1.54) is 0 Å². The second-order valence-electron chi connectivity index (χ2n) is 2.29. The summed E-state index contributed by atoms with van der Waals surface area (Å²) in [6.45, 7) is 0.629. The van der Waals surface area contributed by atoms with Gasteiger partial charge in [0.05, 0.1) is 0 Å². The number of ether oxygens (including phenoxy) is 1. The van der Waals surface area contributed by atoms with Gasteiger partial charge in [-0.25, -0.2) is 4.79 Å². The van der Waals surface area contributed by atoms with Crippen molar-refractivity contribution in [3.63, 3.8) is 0 Å². The van der Waals surface area contributed by atoms with Gasteiger partial charge < -0.3 is 9.84 Å². The van der Waals surface area contributed by atoms with Gasteiger partial charge in [-0.3, -0.25) is 10.1 Å². The third-order valence-electron chi connectivity index (χ3n) is 1.44. The minimum Gasteiger partial charge on any atom is -0.450 e. The van der Waals surface area contributed by atoms with Crippen LogP contribution in [0.3, 0.4) is 0 Å². The Bertz CT molecular complexity index is 179. The lowest BCUT2D eigenvalue weighted by molar-refractivity contribution is -0.132. The number of rotatable bonds is 1. The summed E-state index contributed by atoms with van der Waals surface area (Å²) in [5, 5.41) is 10.8. The Labute approximate surface area is 63.3 Å². The van der Waals surface area contributed by atoms with Crippen LogP contribution in [0.25, 0.3) is 0 Å². The Morgan fingerprint density at radius 1 is 1.73 bits per heavy atom. The molecule has 0 aromatic carbocycles. The SMILES string of the molecule is O=C(O)OC1NCCCC1=O. The quantitative estimate of drug-likeness (QED) is 0.525. The predicted octanol–water partition coefficient (Wildman–Crippen LogP) is -0.0404. The molecule has 0 spiro atoms. The third kappa shape index (κ3) is 2.19. The number of Topliss-reactive ketones (excluding diaryl/α,β-unsaturated/α-hetero) is 1. The van der Waals surface area contributed by atoms with Gasteiger partial charge in [-0.2, -0.15) is 0 Å². The maximum absolute atomic E-state index is 10.9. The van der Waals surface area contributed by atoms with Crippen molar-refractivity contribution in [3.05, 3.63) is 0 Å². The van der Waals surface area contributed by atoms with Crippen molar-refractivity contribution in [1.29, 1.82) is 0 Å². The Balaban J connectivity index is 2.42. The molecule has 0 saturated carbocycles. The molecule has 1 atom stereocenters.